The van der Waals surface area contributed by atoms with Gasteiger partial charge in [-0.05, 0) is 36.9 Å². The molecule has 0 N–H and O–H groups in total. The minimum atomic E-state index is -5.01. The number of piperazine rings is 1. The Labute approximate surface area is 230 Å². The number of amides is 1. The fourth-order valence-corrected chi connectivity index (χ4v) is 4.31. The maximum Gasteiger partial charge on any atom is 0.416 e. The largest absolute Gasteiger partial charge is 0.416 e. The Hall–Kier alpha value is -3.58. The van der Waals surface area contributed by atoms with Crippen molar-refractivity contribution in [3.8, 4) is 17.0 Å². The number of carbonyl (C=O) groups is 1. The van der Waals surface area contributed by atoms with Gasteiger partial charge in [0, 0.05) is 56.6 Å². The van der Waals surface area contributed by atoms with Crippen LogP contribution in [0.5, 0.6) is 5.88 Å². The Kier molecular flexibility index (Phi) is 8.45. The second kappa shape index (κ2) is 11.5. The van der Waals surface area contributed by atoms with Gasteiger partial charge in [0.25, 0.3) is 0 Å². The zero-order valence-corrected chi connectivity index (χ0v) is 22.1. The standard InChI is InChI=1S/C26H24ClF6N5O2/c1-36-7-9-38(10-8-36)23-34-14-20(19-5-3-4-6-21(19)27)22(35-23)40-24(39)37(2)15-16-11-17(25(28,29)30)13-18(12-16)26(31,32)33/h3-6,11-14H,7-10,15H2,1-2H3. The number of hydrogen-bond acceptors (Lipinski definition) is 6. The monoisotopic (exact) mass is 587 g/mol. The Balaban J connectivity index is 1.63. The molecule has 1 aliphatic heterocycles. The molecule has 0 bridgehead atoms. The molecule has 1 aromatic heterocycles. The van der Waals surface area contributed by atoms with Gasteiger partial charge in [0.2, 0.25) is 11.8 Å². The smallest absolute Gasteiger partial charge is 0.390 e. The first kappa shape index (κ1) is 29.4. The van der Waals surface area contributed by atoms with Crippen LogP contribution in [0.25, 0.3) is 11.1 Å². The molecule has 0 saturated carbocycles. The van der Waals surface area contributed by atoms with Crippen molar-refractivity contribution in [3.63, 3.8) is 0 Å². The second-order valence-corrected chi connectivity index (χ2v) is 9.70. The number of hydrogen-bond donors (Lipinski definition) is 0. The van der Waals surface area contributed by atoms with E-state index in [1.54, 1.807) is 24.3 Å². The summed E-state index contributed by atoms with van der Waals surface area (Å²) in [7, 11) is 3.16. The molecule has 4 rings (SSSR count). The lowest BCUT2D eigenvalue weighted by Gasteiger charge is -2.32. The van der Waals surface area contributed by atoms with E-state index < -0.39 is 36.1 Å². The van der Waals surface area contributed by atoms with Gasteiger partial charge in [0.05, 0.1) is 16.7 Å². The molecule has 2 aromatic carbocycles. The molecule has 0 radical (unpaired) electrons. The highest BCUT2D eigenvalue weighted by molar-refractivity contribution is 6.33. The van der Waals surface area contributed by atoms with Crippen molar-refractivity contribution in [3.05, 3.63) is 70.4 Å². The first-order chi connectivity index (χ1) is 18.7. The highest BCUT2D eigenvalue weighted by Crippen LogP contribution is 2.37. The molecular formula is C26H24ClF6N5O2. The SMILES string of the molecule is CN1CCN(c2ncc(-c3ccccc3Cl)c(OC(=O)N(C)Cc3cc(C(F)(F)F)cc(C(F)(F)F)c3)n2)CC1. The van der Waals surface area contributed by atoms with Gasteiger partial charge in [-0.15, -0.1) is 0 Å². The van der Waals surface area contributed by atoms with Crippen LogP contribution >= 0.6 is 11.6 Å². The lowest BCUT2D eigenvalue weighted by molar-refractivity contribution is -0.143. The zero-order valence-electron chi connectivity index (χ0n) is 21.4. The summed E-state index contributed by atoms with van der Waals surface area (Å²) in [5, 5.41) is 0.327. The molecule has 2 heterocycles. The number of anilines is 1. The Bertz CT molecular complexity index is 1340. The third-order valence-corrected chi connectivity index (χ3v) is 6.58. The van der Waals surface area contributed by atoms with Crippen LogP contribution < -0.4 is 9.64 Å². The van der Waals surface area contributed by atoms with E-state index in [9.17, 15) is 31.1 Å². The van der Waals surface area contributed by atoms with E-state index in [1.807, 2.05) is 11.9 Å². The van der Waals surface area contributed by atoms with Gasteiger partial charge in [-0.25, -0.2) is 9.78 Å². The topological polar surface area (TPSA) is 61.8 Å². The van der Waals surface area contributed by atoms with Crippen LogP contribution in [0.1, 0.15) is 16.7 Å². The fraction of sp³-hybridized carbons (Fsp3) is 0.346. The van der Waals surface area contributed by atoms with Crippen molar-refractivity contribution in [1.29, 1.82) is 0 Å². The fourth-order valence-electron chi connectivity index (χ4n) is 4.07. The van der Waals surface area contributed by atoms with E-state index >= 15 is 0 Å². The second-order valence-electron chi connectivity index (χ2n) is 9.30. The highest BCUT2D eigenvalue weighted by Gasteiger charge is 2.37. The number of alkyl halides is 6. The van der Waals surface area contributed by atoms with Crippen molar-refractivity contribution < 1.29 is 35.9 Å². The molecule has 1 saturated heterocycles. The van der Waals surface area contributed by atoms with Crippen molar-refractivity contribution >= 4 is 23.6 Å². The minimum Gasteiger partial charge on any atom is -0.390 e. The number of nitrogens with zero attached hydrogens (tertiary/aromatic N) is 5. The van der Waals surface area contributed by atoms with E-state index in [4.69, 9.17) is 16.3 Å². The first-order valence-electron chi connectivity index (χ1n) is 12.0. The summed E-state index contributed by atoms with van der Waals surface area (Å²) in [5.41, 5.74) is -2.59. The average molecular weight is 588 g/mol. The Morgan fingerprint density at radius 2 is 1.57 bits per heavy atom. The summed E-state index contributed by atoms with van der Waals surface area (Å²) in [6.07, 6.45) is -9.63. The van der Waals surface area contributed by atoms with Crippen molar-refractivity contribution in [2.45, 2.75) is 18.9 Å². The van der Waals surface area contributed by atoms with Gasteiger partial charge < -0.3 is 19.4 Å². The zero-order chi connectivity index (χ0) is 29.2. The van der Waals surface area contributed by atoms with E-state index in [0.717, 1.165) is 18.0 Å². The van der Waals surface area contributed by atoms with Gasteiger partial charge >= 0.3 is 18.4 Å². The van der Waals surface area contributed by atoms with Crippen LogP contribution in [-0.4, -0.2) is 66.1 Å². The molecule has 1 fully saturated rings. The van der Waals surface area contributed by atoms with Crippen LogP contribution in [0.2, 0.25) is 5.02 Å². The van der Waals surface area contributed by atoms with Crippen molar-refractivity contribution in [2.24, 2.45) is 0 Å². The molecule has 7 nitrogen and oxygen atoms in total. The predicted molar refractivity (Wildman–Crippen MR) is 136 cm³/mol. The quantitative estimate of drug-likeness (QED) is 0.331. The van der Waals surface area contributed by atoms with E-state index in [0.29, 0.717) is 41.8 Å². The molecule has 3 aromatic rings. The van der Waals surface area contributed by atoms with Crippen LogP contribution in [-0.2, 0) is 18.9 Å². The number of ether oxygens (including phenoxy) is 1. The van der Waals surface area contributed by atoms with Crippen LogP contribution in [0.3, 0.4) is 0 Å². The number of rotatable bonds is 5. The maximum absolute atomic E-state index is 13.3. The van der Waals surface area contributed by atoms with Gasteiger partial charge in [0.1, 0.15) is 0 Å². The Morgan fingerprint density at radius 3 is 2.15 bits per heavy atom. The van der Waals surface area contributed by atoms with Crippen LogP contribution in [0.4, 0.5) is 37.1 Å². The van der Waals surface area contributed by atoms with Gasteiger partial charge in [0.15, 0.2) is 0 Å². The molecular weight excluding hydrogens is 564 g/mol. The van der Waals surface area contributed by atoms with Crippen molar-refractivity contribution in [2.75, 3.05) is 45.2 Å². The summed E-state index contributed by atoms with van der Waals surface area (Å²) in [6.45, 7) is 2.15. The number of halogens is 7. The molecule has 1 amide bonds. The lowest BCUT2D eigenvalue weighted by Crippen LogP contribution is -2.45. The van der Waals surface area contributed by atoms with Gasteiger partial charge in [-0.1, -0.05) is 29.8 Å². The number of aromatic nitrogens is 2. The molecule has 0 aliphatic carbocycles. The third-order valence-electron chi connectivity index (χ3n) is 6.25. The molecule has 214 valence electrons. The van der Waals surface area contributed by atoms with Gasteiger partial charge in [-0.2, -0.15) is 31.3 Å². The minimum absolute atomic E-state index is 0.0263. The average Bonchev–Trinajstić information content (AvgIpc) is 2.88. The van der Waals surface area contributed by atoms with E-state index in [2.05, 4.69) is 14.9 Å². The molecule has 0 atom stereocenters. The predicted octanol–water partition coefficient (Wildman–Crippen LogP) is 6.22. The highest BCUT2D eigenvalue weighted by atomic mass is 35.5. The summed E-state index contributed by atoms with van der Waals surface area (Å²) < 4.78 is 85.1. The summed E-state index contributed by atoms with van der Waals surface area (Å²) >= 11 is 6.34. The molecule has 0 spiro atoms. The van der Waals surface area contributed by atoms with Crippen molar-refractivity contribution in [1.82, 2.24) is 19.8 Å². The van der Waals surface area contributed by atoms with E-state index in [1.165, 1.54) is 13.2 Å². The molecule has 14 heteroatoms. The molecule has 1 aliphatic rings. The third kappa shape index (κ3) is 6.94. The lowest BCUT2D eigenvalue weighted by atomic mass is 10.0. The first-order valence-corrected chi connectivity index (χ1v) is 12.4. The number of likely N-dealkylation sites (N-methyl/N-ethyl adjacent to an activating group) is 1. The Morgan fingerprint density at radius 1 is 0.975 bits per heavy atom. The summed E-state index contributed by atoms with van der Waals surface area (Å²) in [4.78, 5) is 26.7. The molecule has 40 heavy (non-hydrogen) atoms. The normalized spacial score (nSPS) is 14.8. The van der Waals surface area contributed by atoms with Gasteiger partial charge in [-0.3, -0.25) is 0 Å². The summed E-state index contributed by atoms with van der Waals surface area (Å²) in [6, 6.07) is 7.84. The summed E-state index contributed by atoms with van der Waals surface area (Å²) in [5.74, 6) is 0.135. The van der Waals surface area contributed by atoms with E-state index in [-0.39, 0.29) is 23.1 Å². The van der Waals surface area contributed by atoms with Crippen LogP contribution in [0, 0.1) is 0 Å². The maximum atomic E-state index is 13.3. The molecule has 0 unspecified atom stereocenters. The number of benzene rings is 2. The van der Waals surface area contributed by atoms with Crippen LogP contribution in [0.15, 0.2) is 48.7 Å². The number of carbonyl (C=O) groups excluding carboxylic acids is 1.